The molecule has 2 N–H and O–H groups in total. The molecule has 0 bridgehead atoms. The number of hydrogen-bond acceptors (Lipinski definition) is 3. The summed E-state index contributed by atoms with van der Waals surface area (Å²) >= 11 is 12.7. The molecule has 6 nitrogen and oxygen atoms in total. The van der Waals surface area contributed by atoms with Gasteiger partial charge >= 0.3 is 0 Å². The summed E-state index contributed by atoms with van der Waals surface area (Å²) in [5, 5.41) is 10.9. The van der Waals surface area contributed by atoms with Gasteiger partial charge in [0.05, 0.1) is 28.2 Å². The van der Waals surface area contributed by atoms with E-state index in [-0.39, 0.29) is 51.2 Å². The lowest BCUT2D eigenvalue weighted by molar-refractivity contribution is -0.127. The molecular weight excluding hydrogens is 538 g/mol. The van der Waals surface area contributed by atoms with Gasteiger partial charge in [-0.1, -0.05) is 55.1 Å². The van der Waals surface area contributed by atoms with Crippen molar-refractivity contribution in [2.24, 2.45) is 11.3 Å². The Kier molecular flexibility index (Phi) is 8.29. The van der Waals surface area contributed by atoms with Gasteiger partial charge in [0.15, 0.2) is 0 Å². The molecule has 2 aromatic carbocycles. The summed E-state index contributed by atoms with van der Waals surface area (Å²) in [6, 6.07) is 11.7. The van der Waals surface area contributed by atoms with Crippen LogP contribution in [-0.2, 0) is 16.0 Å². The summed E-state index contributed by atoms with van der Waals surface area (Å²) in [6.45, 7) is 2.08. The zero-order chi connectivity index (χ0) is 27.6. The topological polar surface area (TPSA) is 76.0 Å². The number of benzene rings is 2. The number of hydrogen-bond donors (Lipinski definition) is 2. The van der Waals surface area contributed by atoms with E-state index in [4.69, 9.17) is 23.2 Å². The highest BCUT2D eigenvalue weighted by Gasteiger charge is 2.43. The number of nitrogens with zero attached hydrogens (tertiary/aromatic N) is 2. The van der Waals surface area contributed by atoms with Crippen LogP contribution in [-0.4, -0.2) is 27.6 Å². The van der Waals surface area contributed by atoms with Gasteiger partial charge in [-0.15, -0.1) is 0 Å². The van der Waals surface area contributed by atoms with E-state index in [0.717, 1.165) is 43.4 Å². The van der Waals surface area contributed by atoms with Crippen molar-refractivity contribution >= 4 is 35.0 Å². The SMILES string of the molecule is CC1([C@H](NC(=O)[C@H]2CC[C@@H](NC(=O)Cc3ccc(-n4cccn4)cc3)C2)c2c(F)ccc(Cl)c2Cl)CCCC1. The lowest BCUT2D eigenvalue weighted by Crippen LogP contribution is -2.42. The highest BCUT2D eigenvalue weighted by Crippen LogP contribution is 2.50. The fourth-order valence-corrected chi connectivity index (χ4v) is 6.56. The standard InChI is InChI=1S/C30H33Cl2FN4O2/c1-30(13-2-3-14-30)28(26-24(33)12-11-23(31)27(26)32)36-29(39)20-7-8-21(18-20)35-25(38)17-19-5-9-22(10-6-19)37-16-4-15-34-37/h4-6,9-12,15-16,20-21,28H,2-3,7-8,13-14,17-18H2,1H3,(H,35,38)(H,36,39)/t20-,21+,28+/m0/s1. The molecule has 2 amide bonds. The van der Waals surface area contributed by atoms with E-state index in [1.807, 2.05) is 36.5 Å². The number of carbonyl (C=O) groups is 2. The number of carbonyl (C=O) groups excluding carboxylic acids is 2. The Hall–Kier alpha value is -2.90. The van der Waals surface area contributed by atoms with Crippen LogP contribution >= 0.6 is 23.2 Å². The molecular formula is C30H33Cl2FN4O2. The first-order chi connectivity index (χ1) is 18.7. The number of nitrogens with one attached hydrogen (secondary N) is 2. The minimum Gasteiger partial charge on any atom is -0.353 e. The first-order valence-corrected chi connectivity index (χ1v) is 14.3. The molecule has 0 unspecified atom stereocenters. The van der Waals surface area contributed by atoms with Crippen LogP contribution in [0.2, 0.25) is 10.0 Å². The van der Waals surface area contributed by atoms with Crippen molar-refractivity contribution in [2.75, 3.05) is 0 Å². The average Bonchev–Trinajstić information content (AvgIpc) is 3.69. The highest BCUT2D eigenvalue weighted by molar-refractivity contribution is 6.42. The number of amides is 2. The molecule has 0 radical (unpaired) electrons. The van der Waals surface area contributed by atoms with Crippen LogP contribution in [0.15, 0.2) is 54.9 Å². The quantitative estimate of drug-likeness (QED) is 0.300. The van der Waals surface area contributed by atoms with Gasteiger partial charge in [-0.2, -0.15) is 5.10 Å². The molecule has 0 saturated heterocycles. The highest BCUT2D eigenvalue weighted by atomic mass is 35.5. The summed E-state index contributed by atoms with van der Waals surface area (Å²) in [6.07, 6.45) is 9.55. The van der Waals surface area contributed by atoms with E-state index in [1.165, 1.54) is 12.1 Å². The Labute approximate surface area is 238 Å². The minimum atomic E-state index is -0.572. The first-order valence-electron chi connectivity index (χ1n) is 13.6. The lowest BCUT2D eigenvalue weighted by atomic mass is 9.76. The van der Waals surface area contributed by atoms with Crippen LogP contribution < -0.4 is 10.6 Å². The zero-order valence-corrected chi connectivity index (χ0v) is 23.4. The fourth-order valence-electron chi connectivity index (χ4n) is 6.14. The Morgan fingerprint density at radius 1 is 1.13 bits per heavy atom. The Balaban J connectivity index is 1.20. The van der Waals surface area contributed by atoms with Crippen molar-refractivity contribution in [1.29, 1.82) is 0 Å². The molecule has 5 rings (SSSR count). The van der Waals surface area contributed by atoms with E-state index in [2.05, 4.69) is 22.7 Å². The van der Waals surface area contributed by atoms with Gasteiger partial charge in [0, 0.05) is 29.9 Å². The van der Waals surface area contributed by atoms with Crippen LogP contribution in [0.3, 0.4) is 0 Å². The number of aromatic nitrogens is 2. The van der Waals surface area contributed by atoms with Gasteiger partial charge in [-0.05, 0) is 73.4 Å². The van der Waals surface area contributed by atoms with Gasteiger partial charge in [0.1, 0.15) is 5.82 Å². The third kappa shape index (κ3) is 6.15. The largest absolute Gasteiger partial charge is 0.353 e. The van der Waals surface area contributed by atoms with Gasteiger partial charge in [0.2, 0.25) is 11.8 Å². The van der Waals surface area contributed by atoms with Crippen LogP contribution in [0, 0.1) is 17.2 Å². The zero-order valence-electron chi connectivity index (χ0n) is 21.9. The normalized spacial score (nSPS) is 21.0. The lowest BCUT2D eigenvalue weighted by Gasteiger charge is -2.36. The Bertz CT molecular complexity index is 1320. The molecule has 3 aromatic rings. The van der Waals surface area contributed by atoms with Crippen LogP contribution in [0.5, 0.6) is 0 Å². The van der Waals surface area contributed by atoms with Gasteiger partial charge < -0.3 is 10.6 Å². The van der Waals surface area contributed by atoms with Crippen molar-refractivity contribution < 1.29 is 14.0 Å². The monoisotopic (exact) mass is 570 g/mol. The van der Waals surface area contributed by atoms with Crippen LogP contribution in [0.25, 0.3) is 5.69 Å². The maximum Gasteiger partial charge on any atom is 0.224 e. The fraction of sp³-hybridized carbons (Fsp3) is 0.433. The molecule has 9 heteroatoms. The smallest absolute Gasteiger partial charge is 0.224 e. The summed E-state index contributed by atoms with van der Waals surface area (Å²) < 4.78 is 16.8. The second kappa shape index (κ2) is 11.7. The Morgan fingerprint density at radius 2 is 1.87 bits per heavy atom. The maximum atomic E-state index is 15.1. The van der Waals surface area contributed by atoms with Crippen LogP contribution in [0.4, 0.5) is 4.39 Å². The maximum absolute atomic E-state index is 15.1. The molecule has 206 valence electrons. The summed E-state index contributed by atoms with van der Waals surface area (Å²) in [4.78, 5) is 26.2. The molecule has 2 saturated carbocycles. The predicted molar refractivity (Wildman–Crippen MR) is 150 cm³/mol. The Morgan fingerprint density at radius 3 is 2.56 bits per heavy atom. The molecule has 2 fully saturated rings. The second-order valence-corrected chi connectivity index (χ2v) is 11.9. The predicted octanol–water partition coefficient (Wildman–Crippen LogP) is 6.58. The van der Waals surface area contributed by atoms with Gasteiger partial charge in [-0.25, -0.2) is 9.07 Å². The molecule has 1 heterocycles. The molecule has 1 aromatic heterocycles. The van der Waals surface area contributed by atoms with Crippen molar-refractivity contribution in [3.8, 4) is 5.69 Å². The number of halogens is 3. The summed E-state index contributed by atoms with van der Waals surface area (Å²) in [7, 11) is 0. The first kappa shape index (κ1) is 27.7. The minimum absolute atomic E-state index is 0.0722. The van der Waals surface area contributed by atoms with E-state index >= 15 is 4.39 Å². The molecule has 2 aliphatic rings. The second-order valence-electron chi connectivity index (χ2n) is 11.1. The van der Waals surface area contributed by atoms with E-state index < -0.39 is 11.9 Å². The van der Waals surface area contributed by atoms with Gasteiger partial charge in [-0.3, -0.25) is 9.59 Å². The average molecular weight is 572 g/mol. The van der Waals surface area contributed by atoms with Gasteiger partial charge in [0.25, 0.3) is 0 Å². The van der Waals surface area contributed by atoms with E-state index in [1.54, 1.807) is 10.9 Å². The third-order valence-electron chi connectivity index (χ3n) is 8.34. The molecule has 0 aliphatic heterocycles. The summed E-state index contributed by atoms with van der Waals surface area (Å²) in [5.41, 5.74) is 1.79. The molecule has 39 heavy (non-hydrogen) atoms. The van der Waals surface area contributed by atoms with Crippen molar-refractivity contribution in [2.45, 2.75) is 70.4 Å². The number of rotatable bonds is 8. The van der Waals surface area contributed by atoms with E-state index in [9.17, 15) is 9.59 Å². The van der Waals surface area contributed by atoms with Crippen molar-refractivity contribution in [3.05, 3.63) is 81.8 Å². The molecule has 2 aliphatic carbocycles. The third-order valence-corrected chi connectivity index (χ3v) is 9.15. The summed E-state index contributed by atoms with van der Waals surface area (Å²) in [5.74, 6) is -0.930. The van der Waals surface area contributed by atoms with Crippen molar-refractivity contribution in [1.82, 2.24) is 20.4 Å². The van der Waals surface area contributed by atoms with Crippen LogP contribution in [0.1, 0.15) is 69.0 Å². The van der Waals surface area contributed by atoms with Crippen molar-refractivity contribution in [3.63, 3.8) is 0 Å². The molecule has 3 atom stereocenters. The molecule has 0 spiro atoms. The van der Waals surface area contributed by atoms with E-state index in [0.29, 0.717) is 12.8 Å².